The van der Waals surface area contributed by atoms with Gasteiger partial charge in [-0.3, -0.25) is 5.10 Å². The minimum absolute atomic E-state index is 0.634. The minimum Gasteiger partial charge on any atom is -0.492 e. The molecule has 1 aromatic heterocycles. The summed E-state index contributed by atoms with van der Waals surface area (Å²) in [6.45, 7) is 2.59. The SMILES string of the molecule is CCOc1ccccc1Nc1n[nH]c(=S)s1. The van der Waals surface area contributed by atoms with Crippen LogP contribution in [0.2, 0.25) is 0 Å². The Kier molecular flexibility index (Phi) is 3.53. The van der Waals surface area contributed by atoms with E-state index in [4.69, 9.17) is 17.0 Å². The van der Waals surface area contributed by atoms with Crippen LogP contribution >= 0.6 is 23.6 Å². The fourth-order valence-corrected chi connectivity index (χ4v) is 2.05. The predicted molar refractivity (Wildman–Crippen MR) is 68.2 cm³/mol. The average Bonchev–Trinajstić information content (AvgIpc) is 2.67. The zero-order valence-corrected chi connectivity index (χ0v) is 10.3. The summed E-state index contributed by atoms with van der Waals surface area (Å²) in [7, 11) is 0. The molecule has 0 bridgehead atoms. The first-order valence-corrected chi connectivity index (χ1v) is 6.06. The smallest absolute Gasteiger partial charge is 0.208 e. The summed E-state index contributed by atoms with van der Waals surface area (Å²) in [5.74, 6) is 0.811. The van der Waals surface area contributed by atoms with Gasteiger partial charge in [-0.25, -0.2) is 0 Å². The van der Waals surface area contributed by atoms with Gasteiger partial charge < -0.3 is 10.1 Å². The van der Waals surface area contributed by atoms with Crippen LogP contribution in [0.3, 0.4) is 0 Å². The van der Waals surface area contributed by atoms with E-state index >= 15 is 0 Å². The highest BCUT2D eigenvalue weighted by atomic mass is 32.1. The molecule has 1 aromatic carbocycles. The van der Waals surface area contributed by atoms with Gasteiger partial charge in [0.05, 0.1) is 12.3 Å². The zero-order valence-electron chi connectivity index (χ0n) is 8.69. The molecule has 1 heterocycles. The topological polar surface area (TPSA) is 49.9 Å². The first kappa shape index (κ1) is 11.1. The van der Waals surface area contributed by atoms with Gasteiger partial charge in [0, 0.05) is 0 Å². The Morgan fingerprint density at radius 1 is 1.50 bits per heavy atom. The second kappa shape index (κ2) is 5.09. The summed E-state index contributed by atoms with van der Waals surface area (Å²) < 4.78 is 6.14. The number of aromatic nitrogens is 2. The molecule has 0 saturated heterocycles. The molecular weight excluding hydrogens is 242 g/mol. The van der Waals surface area contributed by atoms with Gasteiger partial charge in [-0.15, -0.1) is 5.10 Å². The molecule has 0 aliphatic carbocycles. The molecule has 2 rings (SSSR count). The Morgan fingerprint density at radius 3 is 3.00 bits per heavy atom. The van der Waals surface area contributed by atoms with Crippen molar-refractivity contribution in [3.8, 4) is 5.75 Å². The van der Waals surface area contributed by atoms with Crippen LogP contribution < -0.4 is 10.1 Å². The van der Waals surface area contributed by atoms with E-state index in [0.29, 0.717) is 10.6 Å². The van der Waals surface area contributed by atoms with E-state index in [1.54, 1.807) is 0 Å². The summed E-state index contributed by atoms with van der Waals surface area (Å²) >= 11 is 6.35. The van der Waals surface area contributed by atoms with E-state index in [1.165, 1.54) is 11.3 Å². The van der Waals surface area contributed by atoms with Crippen LogP contribution in [0.1, 0.15) is 6.92 Å². The molecule has 0 aliphatic heterocycles. The van der Waals surface area contributed by atoms with Crippen LogP contribution in [-0.4, -0.2) is 16.8 Å². The third-order valence-corrected chi connectivity index (χ3v) is 2.87. The van der Waals surface area contributed by atoms with Crippen molar-refractivity contribution >= 4 is 34.4 Å². The third kappa shape index (κ3) is 2.59. The molecule has 2 N–H and O–H groups in total. The van der Waals surface area contributed by atoms with Crippen molar-refractivity contribution in [1.29, 1.82) is 0 Å². The van der Waals surface area contributed by atoms with Gasteiger partial charge in [0.25, 0.3) is 0 Å². The van der Waals surface area contributed by atoms with Crippen molar-refractivity contribution in [3.63, 3.8) is 0 Å². The highest BCUT2D eigenvalue weighted by Gasteiger charge is 2.04. The molecule has 6 heteroatoms. The van der Waals surface area contributed by atoms with Gasteiger partial charge in [0.1, 0.15) is 5.75 Å². The second-order valence-corrected chi connectivity index (χ2v) is 4.64. The number of aromatic amines is 1. The first-order valence-electron chi connectivity index (χ1n) is 4.84. The van der Waals surface area contributed by atoms with E-state index in [1.807, 2.05) is 31.2 Å². The molecule has 0 amide bonds. The quantitative estimate of drug-likeness (QED) is 0.820. The maximum Gasteiger partial charge on any atom is 0.208 e. The number of rotatable bonds is 4. The van der Waals surface area contributed by atoms with Crippen LogP contribution in [-0.2, 0) is 0 Å². The second-order valence-electron chi connectivity index (χ2n) is 2.97. The Bertz CT molecular complexity index is 521. The molecule has 2 aromatic rings. The van der Waals surface area contributed by atoms with E-state index in [2.05, 4.69) is 15.5 Å². The molecule has 0 radical (unpaired) electrons. The third-order valence-electron chi connectivity index (χ3n) is 1.87. The van der Waals surface area contributed by atoms with Gasteiger partial charge in [-0.2, -0.15) is 0 Å². The monoisotopic (exact) mass is 253 g/mol. The van der Waals surface area contributed by atoms with Crippen molar-refractivity contribution in [2.24, 2.45) is 0 Å². The lowest BCUT2D eigenvalue weighted by atomic mass is 10.3. The predicted octanol–water partition coefficient (Wildman–Crippen LogP) is 3.34. The van der Waals surface area contributed by atoms with Crippen LogP contribution in [0.5, 0.6) is 5.75 Å². The molecule has 84 valence electrons. The maximum atomic E-state index is 5.49. The van der Waals surface area contributed by atoms with Gasteiger partial charge in [-0.1, -0.05) is 23.5 Å². The Labute approximate surface area is 102 Å². The lowest BCUT2D eigenvalue weighted by molar-refractivity contribution is 0.342. The van der Waals surface area contributed by atoms with Crippen LogP contribution in [0.4, 0.5) is 10.8 Å². The molecule has 0 fully saturated rings. The number of ether oxygens (including phenoxy) is 1. The molecule has 0 aliphatic rings. The highest BCUT2D eigenvalue weighted by molar-refractivity contribution is 7.73. The molecule has 16 heavy (non-hydrogen) atoms. The van der Waals surface area contributed by atoms with E-state index in [0.717, 1.165) is 16.6 Å². The van der Waals surface area contributed by atoms with Gasteiger partial charge in [0.2, 0.25) is 5.13 Å². The standard InChI is InChI=1S/C10H11N3OS2/c1-2-14-8-6-4-3-5-7(8)11-9-12-13-10(15)16-9/h3-6H,2H2,1H3,(H,11,12)(H,13,15). The number of hydrogen-bond donors (Lipinski definition) is 2. The first-order chi connectivity index (χ1) is 7.79. The summed E-state index contributed by atoms with van der Waals surface area (Å²) in [5.41, 5.74) is 0.891. The summed E-state index contributed by atoms with van der Waals surface area (Å²) in [6, 6.07) is 7.73. The van der Waals surface area contributed by atoms with Crippen molar-refractivity contribution in [2.45, 2.75) is 6.92 Å². The fraction of sp³-hybridized carbons (Fsp3) is 0.200. The number of hydrogen-bond acceptors (Lipinski definition) is 5. The summed E-state index contributed by atoms with van der Waals surface area (Å²) in [5, 5.41) is 10.7. The Hall–Kier alpha value is -1.40. The average molecular weight is 253 g/mol. The normalized spacial score (nSPS) is 10.1. The largest absolute Gasteiger partial charge is 0.492 e. The summed E-state index contributed by atoms with van der Waals surface area (Å²) in [6.07, 6.45) is 0. The lowest BCUT2D eigenvalue weighted by Gasteiger charge is -2.09. The molecule has 0 spiro atoms. The number of nitrogens with one attached hydrogen (secondary N) is 2. The summed E-state index contributed by atoms with van der Waals surface area (Å²) in [4.78, 5) is 0. The van der Waals surface area contributed by atoms with Gasteiger partial charge in [-0.05, 0) is 31.3 Å². The molecule has 0 unspecified atom stereocenters. The van der Waals surface area contributed by atoms with Crippen LogP contribution in [0.15, 0.2) is 24.3 Å². The number of nitrogens with zero attached hydrogens (tertiary/aromatic N) is 1. The lowest BCUT2D eigenvalue weighted by Crippen LogP contribution is -1.97. The minimum atomic E-state index is 0.634. The van der Waals surface area contributed by atoms with Crippen LogP contribution in [0, 0.1) is 3.95 Å². The Balaban J connectivity index is 2.23. The van der Waals surface area contributed by atoms with E-state index < -0.39 is 0 Å². The van der Waals surface area contributed by atoms with Crippen molar-refractivity contribution in [3.05, 3.63) is 28.2 Å². The van der Waals surface area contributed by atoms with Gasteiger partial charge in [0.15, 0.2) is 3.95 Å². The number of benzene rings is 1. The molecule has 0 saturated carbocycles. The molecule has 0 atom stereocenters. The maximum absolute atomic E-state index is 5.49. The van der Waals surface area contributed by atoms with E-state index in [-0.39, 0.29) is 0 Å². The van der Waals surface area contributed by atoms with Crippen molar-refractivity contribution < 1.29 is 4.74 Å². The van der Waals surface area contributed by atoms with Crippen LogP contribution in [0.25, 0.3) is 0 Å². The molecule has 4 nitrogen and oxygen atoms in total. The number of H-pyrrole nitrogens is 1. The molecular formula is C10H11N3OS2. The van der Waals surface area contributed by atoms with Crippen molar-refractivity contribution in [2.75, 3.05) is 11.9 Å². The van der Waals surface area contributed by atoms with Gasteiger partial charge >= 0.3 is 0 Å². The zero-order chi connectivity index (χ0) is 11.4. The number of anilines is 2. The van der Waals surface area contributed by atoms with Crippen molar-refractivity contribution in [1.82, 2.24) is 10.2 Å². The number of para-hydroxylation sites is 2. The highest BCUT2D eigenvalue weighted by Crippen LogP contribution is 2.27. The fourth-order valence-electron chi connectivity index (χ4n) is 1.25. The van der Waals surface area contributed by atoms with E-state index in [9.17, 15) is 0 Å². The Morgan fingerprint density at radius 2 is 2.31 bits per heavy atom.